The van der Waals surface area contributed by atoms with Crippen molar-refractivity contribution >= 4 is 16.7 Å². The number of aromatic amines is 1. The number of likely N-dealkylation sites (N-methyl/N-ethyl adjacent to an activating group) is 1. The molecule has 0 bridgehead atoms. The van der Waals surface area contributed by atoms with Gasteiger partial charge in [-0.05, 0) is 44.7 Å². The first-order valence-corrected chi connectivity index (χ1v) is 9.15. The Labute approximate surface area is 159 Å². The summed E-state index contributed by atoms with van der Waals surface area (Å²) in [5, 5.41) is 0.963. The van der Waals surface area contributed by atoms with Crippen LogP contribution in [0.3, 0.4) is 0 Å². The number of aromatic nitrogens is 1. The first kappa shape index (κ1) is 19.0. The second kappa shape index (κ2) is 8.27. The summed E-state index contributed by atoms with van der Waals surface area (Å²) in [7, 11) is 3.59. The maximum absolute atomic E-state index is 13.0. The number of benzene rings is 2. The van der Waals surface area contributed by atoms with Crippen LogP contribution in [-0.2, 0) is 6.54 Å². The zero-order valence-corrected chi connectivity index (χ0v) is 16.3. The first-order valence-electron chi connectivity index (χ1n) is 9.15. The molecule has 1 aromatic heterocycles. The number of hydrogen-bond acceptors (Lipinski definition) is 4. The Morgan fingerprint density at radius 1 is 1.19 bits per heavy atom. The molecular formula is C22H26N2O3. The minimum atomic E-state index is -0.248. The SMILES string of the molecule is CCOc1ccc(CN(C)[C@@H](C)C(=O)c2c[nH]c3ccccc23)cc1OC. The summed E-state index contributed by atoms with van der Waals surface area (Å²) in [5.41, 5.74) is 2.78. The molecule has 1 N–H and O–H groups in total. The topological polar surface area (TPSA) is 54.6 Å². The number of carbonyl (C=O) groups excluding carboxylic acids is 1. The van der Waals surface area contributed by atoms with Crippen LogP contribution in [0.4, 0.5) is 0 Å². The summed E-state index contributed by atoms with van der Waals surface area (Å²) >= 11 is 0. The molecule has 0 fully saturated rings. The lowest BCUT2D eigenvalue weighted by Gasteiger charge is -2.24. The number of nitrogens with zero attached hydrogens (tertiary/aromatic N) is 1. The second-order valence-corrected chi connectivity index (χ2v) is 6.62. The fourth-order valence-corrected chi connectivity index (χ4v) is 3.21. The average Bonchev–Trinajstić information content (AvgIpc) is 3.12. The van der Waals surface area contributed by atoms with Crippen molar-refractivity contribution in [2.45, 2.75) is 26.4 Å². The van der Waals surface area contributed by atoms with Gasteiger partial charge in [-0.3, -0.25) is 9.69 Å². The van der Waals surface area contributed by atoms with E-state index >= 15 is 0 Å². The van der Waals surface area contributed by atoms with Gasteiger partial charge in [-0.2, -0.15) is 0 Å². The number of carbonyl (C=O) groups is 1. The molecule has 3 aromatic rings. The summed E-state index contributed by atoms with van der Waals surface area (Å²) in [6, 6.07) is 13.5. The summed E-state index contributed by atoms with van der Waals surface area (Å²) in [6.07, 6.45) is 1.80. The minimum Gasteiger partial charge on any atom is -0.493 e. The molecule has 0 amide bonds. The van der Waals surface area contributed by atoms with Gasteiger partial charge in [0.2, 0.25) is 0 Å². The minimum absolute atomic E-state index is 0.104. The van der Waals surface area contributed by atoms with Gasteiger partial charge in [0.05, 0.1) is 19.8 Å². The number of fused-ring (bicyclic) bond motifs is 1. The fraction of sp³-hybridized carbons (Fsp3) is 0.318. The molecule has 5 nitrogen and oxygen atoms in total. The van der Waals surface area contributed by atoms with E-state index in [1.165, 1.54) is 0 Å². The van der Waals surface area contributed by atoms with E-state index in [2.05, 4.69) is 4.98 Å². The monoisotopic (exact) mass is 366 g/mol. The molecule has 0 radical (unpaired) electrons. The van der Waals surface area contributed by atoms with Gasteiger partial charge in [0.15, 0.2) is 17.3 Å². The fourth-order valence-electron chi connectivity index (χ4n) is 3.21. The van der Waals surface area contributed by atoms with E-state index in [1.807, 2.05) is 68.3 Å². The number of rotatable bonds is 8. The van der Waals surface area contributed by atoms with Crippen LogP contribution >= 0.6 is 0 Å². The first-order chi connectivity index (χ1) is 13.0. The molecule has 2 aromatic carbocycles. The van der Waals surface area contributed by atoms with Gasteiger partial charge in [-0.1, -0.05) is 24.3 Å². The van der Waals surface area contributed by atoms with Crippen LogP contribution in [0, 0.1) is 0 Å². The van der Waals surface area contributed by atoms with Crippen molar-refractivity contribution in [2.75, 3.05) is 20.8 Å². The van der Waals surface area contributed by atoms with Crippen LogP contribution in [0.15, 0.2) is 48.7 Å². The Kier molecular flexibility index (Phi) is 5.81. The maximum Gasteiger partial charge on any atom is 0.181 e. The number of nitrogens with one attached hydrogen (secondary N) is 1. The number of ketones is 1. The molecule has 0 spiro atoms. The smallest absolute Gasteiger partial charge is 0.181 e. The molecule has 0 aliphatic rings. The summed E-state index contributed by atoms with van der Waals surface area (Å²) in [4.78, 5) is 18.2. The lowest BCUT2D eigenvalue weighted by molar-refractivity contribution is 0.0864. The predicted molar refractivity (Wildman–Crippen MR) is 108 cm³/mol. The highest BCUT2D eigenvalue weighted by Crippen LogP contribution is 2.29. The van der Waals surface area contributed by atoms with Crippen molar-refractivity contribution in [1.29, 1.82) is 0 Å². The largest absolute Gasteiger partial charge is 0.493 e. The van der Waals surface area contributed by atoms with Gasteiger partial charge in [-0.25, -0.2) is 0 Å². The van der Waals surface area contributed by atoms with E-state index in [4.69, 9.17) is 9.47 Å². The molecular weight excluding hydrogens is 340 g/mol. The highest BCUT2D eigenvalue weighted by Gasteiger charge is 2.22. The molecule has 1 atom stereocenters. The molecule has 142 valence electrons. The highest BCUT2D eigenvalue weighted by atomic mass is 16.5. The van der Waals surface area contributed by atoms with Crippen molar-refractivity contribution in [3.63, 3.8) is 0 Å². The number of Topliss-reactive ketones (excluding diaryl/α,β-unsaturated/α-hetero) is 1. The van der Waals surface area contributed by atoms with Crippen molar-refractivity contribution in [2.24, 2.45) is 0 Å². The third kappa shape index (κ3) is 3.98. The lowest BCUT2D eigenvalue weighted by Crippen LogP contribution is -2.35. The zero-order chi connectivity index (χ0) is 19.4. The molecule has 0 saturated carbocycles. The van der Waals surface area contributed by atoms with Gasteiger partial charge in [0.25, 0.3) is 0 Å². The number of H-pyrrole nitrogens is 1. The number of methoxy groups -OCH3 is 1. The summed E-state index contributed by atoms with van der Waals surface area (Å²) in [5.74, 6) is 1.54. The molecule has 5 heteroatoms. The van der Waals surface area contributed by atoms with Gasteiger partial charge in [0.1, 0.15) is 0 Å². The third-order valence-corrected chi connectivity index (χ3v) is 4.86. The van der Waals surface area contributed by atoms with Crippen LogP contribution in [0.1, 0.15) is 29.8 Å². The van der Waals surface area contributed by atoms with Crippen molar-refractivity contribution < 1.29 is 14.3 Å². The molecule has 0 aliphatic carbocycles. The molecule has 0 unspecified atom stereocenters. The van der Waals surface area contributed by atoms with Crippen LogP contribution in [0.2, 0.25) is 0 Å². The number of hydrogen-bond donors (Lipinski definition) is 1. The van der Waals surface area contributed by atoms with Crippen molar-refractivity contribution in [3.05, 3.63) is 59.8 Å². The van der Waals surface area contributed by atoms with Gasteiger partial charge >= 0.3 is 0 Å². The molecule has 0 saturated heterocycles. The molecule has 1 heterocycles. The zero-order valence-electron chi connectivity index (χ0n) is 16.3. The van der Waals surface area contributed by atoms with Gasteiger partial charge in [-0.15, -0.1) is 0 Å². The average molecular weight is 366 g/mol. The molecule has 0 aliphatic heterocycles. The second-order valence-electron chi connectivity index (χ2n) is 6.62. The standard InChI is InChI=1S/C22H26N2O3/c1-5-27-20-11-10-16(12-21(20)26-4)14-24(3)15(2)22(25)18-13-23-19-9-7-6-8-17(18)19/h6-13,15,23H,5,14H2,1-4H3/t15-/m0/s1. The van der Waals surface area contributed by atoms with E-state index in [1.54, 1.807) is 13.3 Å². The third-order valence-electron chi connectivity index (χ3n) is 4.86. The highest BCUT2D eigenvalue weighted by molar-refractivity contribution is 6.10. The van der Waals surface area contributed by atoms with Crippen LogP contribution in [0.5, 0.6) is 11.5 Å². The molecule has 3 rings (SSSR count). The van der Waals surface area contributed by atoms with E-state index in [0.717, 1.165) is 27.8 Å². The van der Waals surface area contributed by atoms with E-state index in [9.17, 15) is 4.79 Å². The number of para-hydroxylation sites is 1. The Balaban J connectivity index is 1.75. The Morgan fingerprint density at radius 3 is 2.70 bits per heavy atom. The van der Waals surface area contributed by atoms with Crippen LogP contribution < -0.4 is 9.47 Å². The molecule has 27 heavy (non-hydrogen) atoms. The van der Waals surface area contributed by atoms with Gasteiger partial charge in [0, 0.05) is 29.2 Å². The maximum atomic E-state index is 13.0. The summed E-state index contributed by atoms with van der Waals surface area (Å²) in [6.45, 7) is 5.11. The van der Waals surface area contributed by atoms with Crippen molar-refractivity contribution in [1.82, 2.24) is 9.88 Å². The van der Waals surface area contributed by atoms with Crippen molar-refractivity contribution in [3.8, 4) is 11.5 Å². The Hall–Kier alpha value is -2.79. The van der Waals surface area contributed by atoms with E-state index < -0.39 is 0 Å². The van der Waals surface area contributed by atoms with Crippen LogP contribution in [0.25, 0.3) is 10.9 Å². The quantitative estimate of drug-likeness (QED) is 0.605. The Bertz CT molecular complexity index is 932. The summed E-state index contributed by atoms with van der Waals surface area (Å²) < 4.78 is 11.0. The van der Waals surface area contributed by atoms with E-state index in [-0.39, 0.29) is 11.8 Å². The van der Waals surface area contributed by atoms with E-state index in [0.29, 0.717) is 18.9 Å². The number of ether oxygens (including phenoxy) is 2. The van der Waals surface area contributed by atoms with Crippen LogP contribution in [-0.4, -0.2) is 42.5 Å². The lowest BCUT2D eigenvalue weighted by atomic mass is 10.0. The predicted octanol–water partition coefficient (Wildman–Crippen LogP) is 4.28. The normalized spacial score (nSPS) is 12.3. The van der Waals surface area contributed by atoms with Gasteiger partial charge < -0.3 is 14.5 Å². The Morgan fingerprint density at radius 2 is 1.96 bits per heavy atom.